The summed E-state index contributed by atoms with van der Waals surface area (Å²) in [5, 5.41) is 21.5. The van der Waals surface area contributed by atoms with Crippen LogP contribution in [0.4, 0.5) is 14.9 Å². The summed E-state index contributed by atoms with van der Waals surface area (Å²) in [5.74, 6) is -0.376. The van der Waals surface area contributed by atoms with Crippen molar-refractivity contribution in [2.75, 3.05) is 11.9 Å². The number of carboxylic acid groups (broad SMARTS) is 1. The highest BCUT2D eigenvalue weighted by molar-refractivity contribution is 5.66. The van der Waals surface area contributed by atoms with Gasteiger partial charge < -0.3 is 15.3 Å². The Bertz CT molecular complexity index is 558. The van der Waals surface area contributed by atoms with Crippen LogP contribution >= 0.6 is 0 Å². The van der Waals surface area contributed by atoms with E-state index in [-0.39, 0.29) is 18.4 Å². The molecular weight excluding hydrogens is 261 g/mol. The molecule has 5 nitrogen and oxygen atoms in total. The number of nitrogens with one attached hydrogen (secondary N) is 1. The SMILES string of the molecule is C[C@H]1C[C@@](C#N)(Nc2cccc(F)c2)CCN1C(=O)O. The maximum Gasteiger partial charge on any atom is 0.407 e. The fourth-order valence-corrected chi connectivity index (χ4v) is 2.62. The van der Waals surface area contributed by atoms with Crippen LogP contribution < -0.4 is 5.32 Å². The average molecular weight is 277 g/mol. The molecule has 0 radical (unpaired) electrons. The fourth-order valence-electron chi connectivity index (χ4n) is 2.62. The first-order valence-corrected chi connectivity index (χ1v) is 6.40. The lowest BCUT2D eigenvalue weighted by Gasteiger charge is -2.41. The number of halogens is 1. The first kappa shape index (κ1) is 14.1. The molecule has 106 valence electrons. The average Bonchev–Trinajstić information content (AvgIpc) is 2.38. The topological polar surface area (TPSA) is 76.4 Å². The van der Waals surface area contributed by atoms with Gasteiger partial charge in [-0.2, -0.15) is 5.26 Å². The van der Waals surface area contributed by atoms with Crippen LogP contribution in [0.1, 0.15) is 19.8 Å². The number of hydrogen-bond donors (Lipinski definition) is 2. The van der Waals surface area contributed by atoms with E-state index in [4.69, 9.17) is 5.11 Å². The third kappa shape index (κ3) is 2.82. The number of rotatable bonds is 2. The zero-order chi connectivity index (χ0) is 14.8. The van der Waals surface area contributed by atoms with Gasteiger partial charge in [-0.25, -0.2) is 9.18 Å². The molecule has 6 heteroatoms. The molecule has 1 aliphatic rings. The Morgan fingerprint density at radius 3 is 2.95 bits per heavy atom. The summed E-state index contributed by atoms with van der Waals surface area (Å²) in [6.45, 7) is 2.05. The first-order chi connectivity index (χ1) is 9.46. The Kier molecular flexibility index (Phi) is 3.79. The van der Waals surface area contributed by atoms with E-state index in [9.17, 15) is 14.4 Å². The van der Waals surface area contributed by atoms with Crippen molar-refractivity contribution < 1.29 is 14.3 Å². The van der Waals surface area contributed by atoms with Crippen molar-refractivity contribution in [3.63, 3.8) is 0 Å². The molecule has 0 aliphatic carbocycles. The van der Waals surface area contributed by atoms with E-state index in [0.29, 0.717) is 18.5 Å². The van der Waals surface area contributed by atoms with Crippen LogP contribution in [0.15, 0.2) is 24.3 Å². The van der Waals surface area contributed by atoms with Gasteiger partial charge in [-0.3, -0.25) is 0 Å². The van der Waals surface area contributed by atoms with Crippen molar-refractivity contribution >= 4 is 11.8 Å². The summed E-state index contributed by atoms with van der Waals surface area (Å²) in [5.41, 5.74) is -0.332. The van der Waals surface area contributed by atoms with Crippen molar-refractivity contribution in [2.24, 2.45) is 0 Å². The molecule has 2 rings (SSSR count). The molecule has 1 amide bonds. The molecule has 0 saturated carbocycles. The quantitative estimate of drug-likeness (QED) is 0.871. The number of carbonyl (C=O) groups is 1. The summed E-state index contributed by atoms with van der Waals surface area (Å²) < 4.78 is 13.2. The van der Waals surface area contributed by atoms with Gasteiger partial charge in [0, 0.05) is 31.1 Å². The van der Waals surface area contributed by atoms with Gasteiger partial charge in [0.25, 0.3) is 0 Å². The van der Waals surface area contributed by atoms with E-state index in [1.54, 1.807) is 19.1 Å². The van der Waals surface area contributed by atoms with Crippen LogP contribution in [-0.2, 0) is 0 Å². The van der Waals surface area contributed by atoms with Crippen LogP contribution in [0.2, 0.25) is 0 Å². The van der Waals surface area contributed by atoms with Crippen molar-refractivity contribution in [2.45, 2.75) is 31.3 Å². The Balaban J connectivity index is 2.16. The Hall–Kier alpha value is -2.29. The van der Waals surface area contributed by atoms with Gasteiger partial charge in [0.15, 0.2) is 0 Å². The number of nitrogens with zero attached hydrogens (tertiary/aromatic N) is 2. The molecular formula is C14H16FN3O2. The summed E-state index contributed by atoms with van der Waals surface area (Å²) in [7, 11) is 0. The highest BCUT2D eigenvalue weighted by atomic mass is 19.1. The number of likely N-dealkylation sites (tertiary alicyclic amines) is 1. The number of anilines is 1. The summed E-state index contributed by atoms with van der Waals surface area (Å²) >= 11 is 0. The third-order valence-corrected chi connectivity index (χ3v) is 3.62. The largest absolute Gasteiger partial charge is 0.465 e. The van der Waals surface area contributed by atoms with Crippen LogP contribution in [0.25, 0.3) is 0 Å². The minimum atomic E-state index is -0.977. The van der Waals surface area contributed by atoms with Crippen molar-refractivity contribution in [3.8, 4) is 6.07 Å². The molecule has 1 heterocycles. The number of piperidine rings is 1. The van der Waals surface area contributed by atoms with Gasteiger partial charge in [-0.15, -0.1) is 0 Å². The summed E-state index contributed by atoms with van der Waals surface area (Å²) in [6.07, 6.45) is -0.238. The highest BCUT2D eigenvalue weighted by Crippen LogP contribution is 2.30. The molecule has 1 aromatic rings. The molecule has 2 atom stereocenters. The van der Waals surface area contributed by atoms with E-state index in [0.717, 1.165) is 0 Å². The highest BCUT2D eigenvalue weighted by Gasteiger charge is 2.40. The number of amides is 1. The van der Waals surface area contributed by atoms with Gasteiger partial charge in [0.1, 0.15) is 11.4 Å². The van der Waals surface area contributed by atoms with Crippen molar-refractivity contribution in [3.05, 3.63) is 30.1 Å². The molecule has 1 aliphatic heterocycles. The van der Waals surface area contributed by atoms with Gasteiger partial charge in [-0.1, -0.05) is 6.07 Å². The molecule has 0 aromatic heterocycles. The Labute approximate surface area is 116 Å². The molecule has 20 heavy (non-hydrogen) atoms. The van der Waals surface area contributed by atoms with Gasteiger partial charge in [-0.05, 0) is 25.1 Å². The monoisotopic (exact) mass is 277 g/mol. The van der Waals surface area contributed by atoms with Crippen LogP contribution in [0.3, 0.4) is 0 Å². The van der Waals surface area contributed by atoms with E-state index >= 15 is 0 Å². The Morgan fingerprint density at radius 1 is 1.65 bits per heavy atom. The molecule has 2 N–H and O–H groups in total. The predicted molar refractivity (Wildman–Crippen MR) is 71.8 cm³/mol. The van der Waals surface area contributed by atoms with Crippen LogP contribution in [0.5, 0.6) is 0 Å². The van der Waals surface area contributed by atoms with Crippen molar-refractivity contribution in [1.29, 1.82) is 5.26 Å². The lowest BCUT2D eigenvalue weighted by atomic mass is 9.84. The van der Waals surface area contributed by atoms with E-state index in [1.165, 1.54) is 17.0 Å². The molecule has 1 aromatic carbocycles. The van der Waals surface area contributed by atoms with E-state index in [1.807, 2.05) is 0 Å². The fraction of sp³-hybridized carbons (Fsp3) is 0.429. The maximum absolute atomic E-state index is 13.2. The zero-order valence-corrected chi connectivity index (χ0v) is 11.1. The van der Waals surface area contributed by atoms with Crippen LogP contribution in [0, 0.1) is 17.1 Å². The predicted octanol–water partition coefficient (Wildman–Crippen LogP) is 2.66. The minimum absolute atomic E-state index is 0.262. The third-order valence-electron chi connectivity index (χ3n) is 3.62. The second-order valence-corrected chi connectivity index (χ2v) is 5.11. The smallest absolute Gasteiger partial charge is 0.407 e. The lowest BCUT2D eigenvalue weighted by molar-refractivity contribution is 0.101. The van der Waals surface area contributed by atoms with Crippen molar-refractivity contribution in [1.82, 2.24) is 4.90 Å². The Morgan fingerprint density at radius 2 is 2.40 bits per heavy atom. The second kappa shape index (κ2) is 5.37. The number of hydrogen-bond acceptors (Lipinski definition) is 3. The molecule has 0 spiro atoms. The number of nitriles is 1. The molecule has 1 fully saturated rings. The van der Waals surface area contributed by atoms with Gasteiger partial charge >= 0.3 is 6.09 Å². The lowest BCUT2D eigenvalue weighted by Crippen LogP contribution is -2.53. The second-order valence-electron chi connectivity index (χ2n) is 5.11. The molecule has 1 saturated heterocycles. The zero-order valence-electron chi connectivity index (χ0n) is 11.1. The van der Waals surface area contributed by atoms with Crippen LogP contribution in [-0.4, -0.2) is 34.2 Å². The normalized spacial score (nSPS) is 25.9. The van der Waals surface area contributed by atoms with Gasteiger partial charge in [0.05, 0.1) is 6.07 Å². The van der Waals surface area contributed by atoms with E-state index in [2.05, 4.69) is 11.4 Å². The first-order valence-electron chi connectivity index (χ1n) is 6.40. The maximum atomic E-state index is 13.2. The number of benzene rings is 1. The summed E-state index contributed by atoms with van der Waals surface area (Å²) in [4.78, 5) is 12.4. The standard InChI is InChI=1S/C14H16FN3O2/c1-10-8-14(9-16,5-6-18(10)13(19)20)17-12-4-2-3-11(15)7-12/h2-4,7,10,17H,5-6,8H2,1H3,(H,19,20)/t10-,14-/m0/s1. The van der Waals surface area contributed by atoms with E-state index < -0.39 is 11.6 Å². The minimum Gasteiger partial charge on any atom is -0.465 e. The molecule has 0 unspecified atom stereocenters. The molecule has 0 bridgehead atoms. The van der Waals surface area contributed by atoms with Gasteiger partial charge in [0.2, 0.25) is 0 Å². The summed E-state index contributed by atoms with van der Waals surface area (Å²) in [6, 6.07) is 7.88.